The van der Waals surface area contributed by atoms with Crippen LogP contribution < -0.4 is 0 Å². The standard InChI is InChI=1S/C8H8BrF3N2O2/c1-2-5(7(15)16)14-3-4(9)6(13-14)8(10,11)12/h3,5H,2H2,1H3,(H,15,16)/t5-/m1/s1. The molecule has 0 saturated carbocycles. The first-order chi connectivity index (χ1) is 7.27. The Morgan fingerprint density at radius 3 is 2.56 bits per heavy atom. The Labute approximate surface area is 97.2 Å². The molecule has 1 aromatic rings. The van der Waals surface area contributed by atoms with E-state index in [9.17, 15) is 18.0 Å². The number of carbonyl (C=O) groups is 1. The van der Waals surface area contributed by atoms with Gasteiger partial charge in [0.1, 0.15) is 6.04 Å². The zero-order valence-electron chi connectivity index (χ0n) is 8.12. The molecule has 0 aliphatic carbocycles. The first kappa shape index (κ1) is 13.0. The normalized spacial score (nSPS) is 13.8. The monoisotopic (exact) mass is 300 g/mol. The van der Waals surface area contributed by atoms with Crippen molar-refractivity contribution in [1.82, 2.24) is 9.78 Å². The van der Waals surface area contributed by atoms with Crippen molar-refractivity contribution in [1.29, 1.82) is 0 Å². The summed E-state index contributed by atoms with van der Waals surface area (Å²) in [5.41, 5.74) is -1.12. The Balaban J connectivity index is 3.14. The van der Waals surface area contributed by atoms with Crippen molar-refractivity contribution in [2.75, 3.05) is 0 Å². The van der Waals surface area contributed by atoms with Crippen LogP contribution in [-0.2, 0) is 11.0 Å². The molecule has 0 fully saturated rings. The van der Waals surface area contributed by atoms with E-state index >= 15 is 0 Å². The van der Waals surface area contributed by atoms with Gasteiger partial charge in [0.2, 0.25) is 0 Å². The summed E-state index contributed by atoms with van der Waals surface area (Å²) >= 11 is 2.70. The van der Waals surface area contributed by atoms with Crippen molar-refractivity contribution in [3.63, 3.8) is 0 Å². The van der Waals surface area contributed by atoms with Gasteiger partial charge in [-0.25, -0.2) is 4.79 Å². The van der Waals surface area contributed by atoms with E-state index in [1.165, 1.54) is 0 Å². The van der Waals surface area contributed by atoms with Gasteiger partial charge < -0.3 is 5.11 Å². The molecule has 16 heavy (non-hydrogen) atoms. The lowest BCUT2D eigenvalue weighted by atomic mass is 10.2. The summed E-state index contributed by atoms with van der Waals surface area (Å²) in [5.74, 6) is -1.22. The predicted molar refractivity (Wildman–Crippen MR) is 51.9 cm³/mol. The van der Waals surface area contributed by atoms with Gasteiger partial charge in [-0.05, 0) is 22.4 Å². The zero-order valence-corrected chi connectivity index (χ0v) is 9.71. The highest BCUT2D eigenvalue weighted by Crippen LogP contribution is 2.34. The third-order valence-corrected chi connectivity index (χ3v) is 2.53. The van der Waals surface area contributed by atoms with Crippen LogP contribution in [0.1, 0.15) is 25.1 Å². The maximum Gasteiger partial charge on any atom is 0.436 e. The molecule has 0 saturated heterocycles. The number of aliphatic carboxylic acids is 1. The number of aromatic nitrogens is 2. The maximum absolute atomic E-state index is 12.4. The van der Waals surface area contributed by atoms with Crippen molar-refractivity contribution in [3.05, 3.63) is 16.4 Å². The van der Waals surface area contributed by atoms with Crippen LogP contribution in [0, 0.1) is 0 Å². The molecule has 0 aliphatic heterocycles. The smallest absolute Gasteiger partial charge is 0.436 e. The highest BCUT2D eigenvalue weighted by molar-refractivity contribution is 9.10. The predicted octanol–water partition coefficient (Wildman–Crippen LogP) is 2.70. The Bertz CT molecular complexity index is 402. The number of carboxylic acid groups (broad SMARTS) is 1. The van der Waals surface area contributed by atoms with Crippen LogP contribution in [0.4, 0.5) is 13.2 Å². The highest BCUT2D eigenvalue weighted by atomic mass is 79.9. The maximum atomic E-state index is 12.4. The molecular weight excluding hydrogens is 293 g/mol. The Kier molecular flexibility index (Phi) is 3.61. The molecule has 8 heteroatoms. The Morgan fingerprint density at radius 1 is 1.69 bits per heavy atom. The van der Waals surface area contributed by atoms with Crippen LogP contribution in [0.2, 0.25) is 0 Å². The number of nitrogens with zero attached hydrogens (tertiary/aromatic N) is 2. The summed E-state index contributed by atoms with van der Waals surface area (Å²) < 4.78 is 37.7. The molecule has 0 unspecified atom stereocenters. The summed E-state index contributed by atoms with van der Waals surface area (Å²) in [5, 5.41) is 12.0. The minimum Gasteiger partial charge on any atom is -0.480 e. The third-order valence-electron chi connectivity index (χ3n) is 1.95. The largest absolute Gasteiger partial charge is 0.480 e. The summed E-state index contributed by atoms with van der Waals surface area (Å²) in [6.45, 7) is 1.56. The van der Waals surface area contributed by atoms with E-state index in [0.717, 1.165) is 10.9 Å². The first-order valence-electron chi connectivity index (χ1n) is 4.32. The highest BCUT2D eigenvalue weighted by Gasteiger charge is 2.37. The molecule has 1 aromatic heterocycles. The number of hydrogen-bond donors (Lipinski definition) is 1. The van der Waals surface area contributed by atoms with Gasteiger partial charge in [0, 0.05) is 6.20 Å². The molecule has 90 valence electrons. The minimum atomic E-state index is -4.60. The SMILES string of the molecule is CC[C@H](C(=O)O)n1cc(Br)c(C(F)(F)F)n1. The molecule has 1 rings (SSSR count). The molecule has 1 heterocycles. The Morgan fingerprint density at radius 2 is 2.25 bits per heavy atom. The van der Waals surface area contributed by atoms with Crippen molar-refractivity contribution >= 4 is 21.9 Å². The van der Waals surface area contributed by atoms with Gasteiger partial charge in [-0.15, -0.1) is 0 Å². The van der Waals surface area contributed by atoms with Crippen LogP contribution in [-0.4, -0.2) is 20.9 Å². The molecule has 0 aliphatic rings. The van der Waals surface area contributed by atoms with Crippen molar-refractivity contribution in [2.24, 2.45) is 0 Å². The summed E-state index contributed by atoms with van der Waals surface area (Å²) in [6.07, 6.45) is -3.42. The van der Waals surface area contributed by atoms with Crippen LogP contribution >= 0.6 is 15.9 Å². The van der Waals surface area contributed by atoms with Crippen LogP contribution in [0.5, 0.6) is 0 Å². The average Bonchev–Trinajstić information content (AvgIpc) is 2.47. The molecule has 0 aromatic carbocycles. The topological polar surface area (TPSA) is 55.1 Å². The van der Waals surface area contributed by atoms with Gasteiger partial charge in [0.15, 0.2) is 5.69 Å². The average molecular weight is 301 g/mol. The summed E-state index contributed by atoms with van der Waals surface area (Å²) in [7, 11) is 0. The fourth-order valence-corrected chi connectivity index (χ4v) is 1.71. The molecule has 4 nitrogen and oxygen atoms in total. The Hall–Kier alpha value is -1.05. The third kappa shape index (κ3) is 2.55. The lowest BCUT2D eigenvalue weighted by Crippen LogP contribution is -2.19. The van der Waals surface area contributed by atoms with E-state index in [1.807, 2.05) is 0 Å². The molecule has 0 amide bonds. The molecule has 0 radical (unpaired) electrons. The van der Waals surface area contributed by atoms with E-state index in [4.69, 9.17) is 5.11 Å². The number of alkyl halides is 3. The second kappa shape index (κ2) is 4.44. The van der Waals surface area contributed by atoms with Crippen LogP contribution in [0.25, 0.3) is 0 Å². The van der Waals surface area contributed by atoms with Gasteiger partial charge in [-0.1, -0.05) is 6.92 Å². The summed E-state index contributed by atoms with van der Waals surface area (Å²) in [6, 6.07) is -1.09. The number of halogens is 4. The molecule has 1 atom stereocenters. The fourth-order valence-electron chi connectivity index (χ4n) is 1.20. The van der Waals surface area contributed by atoms with Crippen LogP contribution in [0.15, 0.2) is 10.7 Å². The van der Waals surface area contributed by atoms with Gasteiger partial charge in [-0.2, -0.15) is 18.3 Å². The van der Waals surface area contributed by atoms with E-state index in [1.54, 1.807) is 6.92 Å². The number of hydrogen-bond acceptors (Lipinski definition) is 2. The minimum absolute atomic E-state index is 0.154. The van der Waals surface area contributed by atoms with E-state index < -0.39 is 23.9 Å². The van der Waals surface area contributed by atoms with Gasteiger partial charge in [0.05, 0.1) is 4.47 Å². The zero-order chi connectivity index (χ0) is 12.5. The lowest BCUT2D eigenvalue weighted by molar-refractivity contribution is -0.145. The van der Waals surface area contributed by atoms with Gasteiger partial charge in [-0.3, -0.25) is 4.68 Å². The van der Waals surface area contributed by atoms with E-state index in [0.29, 0.717) is 0 Å². The lowest BCUT2D eigenvalue weighted by Gasteiger charge is -2.09. The number of rotatable bonds is 3. The second-order valence-electron chi connectivity index (χ2n) is 3.07. The first-order valence-corrected chi connectivity index (χ1v) is 5.11. The van der Waals surface area contributed by atoms with E-state index in [2.05, 4.69) is 21.0 Å². The summed E-state index contributed by atoms with van der Waals surface area (Å²) in [4.78, 5) is 10.7. The molecule has 0 bridgehead atoms. The van der Waals surface area contributed by atoms with Gasteiger partial charge >= 0.3 is 12.1 Å². The molecular formula is C8H8BrF3N2O2. The second-order valence-corrected chi connectivity index (χ2v) is 3.92. The quantitative estimate of drug-likeness (QED) is 0.934. The van der Waals surface area contributed by atoms with Crippen molar-refractivity contribution < 1.29 is 23.1 Å². The van der Waals surface area contributed by atoms with E-state index in [-0.39, 0.29) is 10.9 Å². The van der Waals surface area contributed by atoms with Crippen molar-refractivity contribution in [3.8, 4) is 0 Å². The number of carboxylic acids is 1. The molecule has 0 spiro atoms. The van der Waals surface area contributed by atoms with Crippen LogP contribution in [0.3, 0.4) is 0 Å². The molecule has 1 N–H and O–H groups in total. The van der Waals surface area contributed by atoms with Gasteiger partial charge in [0.25, 0.3) is 0 Å². The van der Waals surface area contributed by atoms with Crippen molar-refractivity contribution in [2.45, 2.75) is 25.6 Å². The fraction of sp³-hybridized carbons (Fsp3) is 0.500.